The molecule has 0 aromatic carbocycles. The van der Waals surface area contributed by atoms with Crippen molar-refractivity contribution in [2.75, 3.05) is 0 Å². The Labute approximate surface area is 157 Å². The molecule has 6 atom stereocenters. The number of hydrogen-bond acceptors (Lipinski definition) is 4. The highest BCUT2D eigenvalue weighted by molar-refractivity contribution is 5.66. The zero-order valence-corrected chi connectivity index (χ0v) is 16.8. The van der Waals surface area contributed by atoms with Gasteiger partial charge in [0.25, 0.3) is 0 Å². The van der Waals surface area contributed by atoms with Gasteiger partial charge >= 0.3 is 5.97 Å². The maximum atomic E-state index is 11.9. The third-order valence-corrected chi connectivity index (χ3v) is 7.77. The summed E-state index contributed by atoms with van der Waals surface area (Å²) in [6.07, 6.45) is 6.49. The Balaban J connectivity index is 2.19. The second kappa shape index (κ2) is 5.93. The van der Waals surface area contributed by atoms with Crippen molar-refractivity contribution >= 4 is 5.97 Å². The van der Waals surface area contributed by atoms with E-state index in [2.05, 4.69) is 33.4 Å². The molecule has 0 amide bonds. The predicted molar refractivity (Wildman–Crippen MR) is 101 cm³/mol. The number of allylic oxidation sites excluding steroid dienone is 2. The van der Waals surface area contributed by atoms with Gasteiger partial charge in [0.1, 0.15) is 6.10 Å². The van der Waals surface area contributed by atoms with Crippen LogP contribution in [0.4, 0.5) is 0 Å². The zero-order valence-electron chi connectivity index (χ0n) is 16.8. The minimum atomic E-state index is -1.08. The van der Waals surface area contributed by atoms with Gasteiger partial charge in [-0.3, -0.25) is 4.79 Å². The molecule has 6 unspecified atom stereocenters. The third kappa shape index (κ3) is 2.60. The molecule has 0 radical (unpaired) electrons. The van der Waals surface area contributed by atoms with Gasteiger partial charge in [0, 0.05) is 30.1 Å². The van der Waals surface area contributed by atoms with Gasteiger partial charge in [0.05, 0.1) is 11.7 Å². The number of carbonyl (C=O) groups is 1. The summed E-state index contributed by atoms with van der Waals surface area (Å²) in [4.78, 5) is 11.8. The van der Waals surface area contributed by atoms with Gasteiger partial charge < -0.3 is 14.9 Å². The minimum Gasteiger partial charge on any atom is -0.462 e. The first kappa shape index (κ1) is 19.6. The average Bonchev–Trinajstić information content (AvgIpc) is 2.53. The molecular weight excluding hydrogens is 328 g/mol. The van der Waals surface area contributed by atoms with Crippen molar-refractivity contribution in [3.63, 3.8) is 0 Å². The fraction of sp³-hybridized carbons (Fsp3) is 0.773. The summed E-state index contributed by atoms with van der Waals surface area (Å²) in [5, 5.41) is 23.0. The molecule has 3 rings (SSSR count). The lowest BCUT2D eigenvalue weighted by atomic mass is 9.42. The number of esters is 1. The Morgan fingerprint density at radius 2 is 1.92 bits per heavy atom. The topological polar surface area (TPSA) is 66.8 Å². The van der Waals surface area contributed by atoms with Crippen molar-refractivity contribution < 1.29 is 19.7 Å². The van der Waals surface area contributed by atoms with Crippen LogP contribution >= 0.6 is 0 Å². The van der Waals surface area contributed by atoms with E-state index in [1.54, 1.807) is 0 Å². The first-order valence-electron chi connectivity index (χ1n) is 9.83. The van der Waals surface area contributed by atoms with Gasteiger partial charge in [-0.15, -0.1) is 6.58 Å². The van der Waals surface area contributed by atoms with Gasteiger partial charge in [-0.25, -0.2) is 0 Å². The molecule has 0 heterocycles. The summed E-state index contributed by atoms with van der Waals surface area (Å²) < 4.78 is 5.78. The van der Waals surface area contributed by atoms with E-state index in [1.165, 1.54) is 6.92 Å². The molecule has 0 aromatic rings. The minimum absolute atomic E-state index is 0.0992. The summed E-state index contributed by atoms with van der Waals surface area (Å²) in [7, 11) is 0. The second-order valence-corrected chi connectivity index (χ2v) is 9.90. The zero-order chi connectivity index (χ0) is 19.5. The van der Waals surface area contributed by atoms with Crippen LogP contribution in [0.5, 0.6) is 0 Å². The fourth-order valence-corrected chi connectivity index (χ4v) is 6.27. The summed E-state index contributed by atoms with van der Waals surface area (Å²) in [6, 6.07) is 0. The van der Waals surface area contributed by atoms with Crippen LogP contribution in [0.15, 0.2) is 24.3 Å². The number of carbonyl (C=O) groups excluding carboxylic acids is 1. The Kier molecular flexibility index (Phi) is 4.48. The largest absolute Gasteiger partial charge is 0.462 e. The molecule has 0 spiro atoms. The van der Waals surface area contributed by atoms with E-state index < -0.39 is 17.1 Å². The smallest absolute Gasteiger partial charge is 0.302 e. The molecule has 3 aliphatic rings. The Hall–Kier alpha value is -1.13. The van der Waals surface area contributed by atoms with Crippen molar-refractivity contribution in [3.05, 3.63) is 24.3 Å². The fourth-order valence-electron chi connectivity index (χ4n) is 6.27. The maximum absolute atomic E-state index is 11.9. The first-order chi connectivity index (χ1) is 11.9. The molecule has 0 aromatic heterocycles. The number of ether oxygens (including phenoxy) is 1. The lowest BCUT2D eigenvalue weighted by molar-refractivity contribution is -0.245. The van der Waals surface area contributed by atoms with Crippen molar-refractivity contribution in [2.24, 2.45) is 22.2 Å². The van der Waals surface area contributed by atoms with Crippen LogP contribution in [0, 0.1) is 22.2 Å². The standard InChI is InChI=1S/C22H34O4/c1-7-20(5)10-11-22(25)15(13-20)12-16(26-14(2)23)18-19(3,4)9-8-17(24)21(18,22)6/h7,13,16-18,24-25H,1,8-12H2,2-6H3. The van der Waals surface area contributed by atoms with E-state index >= 15 is 0 Å². The molecule has 0 bridgehead atoms. The van der Waals surface area contributed by atoms with Crippen molar-refractivity contribution in [2.45, 2.75) is 84.5 Å². The summed E-state index contributed by atoms with van der Waals surface area (Å²) in [5.41, 5.74) is -1.24. The van der Waals surface area contributed by atoms with Crippen LogP contribution in [0.2, 0.25) is 0 Å². The van der Waals surface area contributed by atoms with E-state index in [0.29, 0.717) is 19.3 Å². The average molecular weight is 363 g/mol. The summed E-state index contributed by atoms with van der Waals surface area (Å²) >= 11 is 0. The van der Waals surface area contributed by atoms with Gasteiger partial charge in [-0.2, -0.15) is 0 Å². The monoisotopic (exact) mass is 362 g/mol. The molecule has 2 N–H and O–H groups in total. The Morgan fingerprint density at radius 1 is 1.27 bits per heavy atom. The molecule has 4 nitrogen and oxygen atoms in total. The van der Waals surface area contributed by atoms with Gasteiger partial charge in [0.2, 0.25) is 0 Å². The van der Waals surface area contributed by atoms with E-state index in [9.17, 15) is 15.0 Å². The summed E-state index contributed by atoms with van der Waals surface area (Å²) in [6.45, 7) is 13.9. The van der Waals surface area contributed by atoms with Crippen molar-refractivity contribution in [1.82, 2.24) is 0 Å². The quantitative estimate of drug-likeness (QED) is 0.580. The number of aliphatic hydroxyl groups is 2. The third-order valence-electron chi connectivity index (χ3n) is 7.77. The molecule has 2 saturated carbocycles. The molecule has 146 valence electrons. The van der Waals surface area contributed by atoms with Gasteiger partial charge in [-0.1, -0.05) is 39.8 Å². The molecule has 2 fully saturated rings. The van der Waals surface area contributed by atoms with Gasteiger partial charge in [0.15, 0.2) is 0 Å². The van der Waals surface area contributed by atoms with Crippen LogP contribution in [0.1, 0.15) is 66.7 Å². The highest BCUT2D eigenvalue weighted by Gasteiger charge is 2.68. The highest BCUT2D eigenvalue weighted by Crippen LogP contribution is 2.66. The van der Waals surface area contributed by atoms with Crippen LogP contribution in [-0.2, 0) is 9.53 Å². The maximum Gasteiger partial charge on any atom is 0.302 e. The first-order valence-corrected chi connectivity index (χ1v) is 9.83. The molecule has 0 saturated heterocycles. The van der Waals surface area contributed by atoms with Crippen LogP contribution in [0.25, 0.3) is 0 Å². The van der Waals surface area contributed by atoms with E-state index in [1.807, 2.05) is 13.0 Å². The van der Waals surface area contributed by atoms with E-state index in [0.717, 1.165) is 18.4 Å². The lowest BCUT2D eigenvalue weighted by Gasteiger charge is -2.66. The van der Waals surface area contributed by atoms with Crippen molar-refractivity contribution in [1.29, 1.82) is 0 Å². The van der Waals surface area contributed by atoms with Crippen LogP contribution < -0.4 is 0 Å². The number of rotatable bonds is 2. The normalized spacial score (nSPS) is 47.2. The Bertz CT molecular complexity index is 651. The predicted octanol–water partition coefficient (Wildman–Crippen LogP) is 3.77. The number of fused-ring (bicyclic) bond motifs is 3. The molecular formula is C22H34O4. The van der Waals surface area contributed by atoms with Crippen LogP contribution in [0.3, 0.4) is 0 Å². The number of aliphatic hydroxyl groups excluding tert-OH is 1. The van der Waals surface area contributed by atoms with E-state index in [4.69, 9.17) is 4.74 Å². The molecule has 0 aliphatic heterocycles. The highest BCUT2D eigenvalue weighted by atomic mass is 16.5. The molecule has 3 aliphatic carbocycles. The molecule has 26 heavy (non-hydrogen) atoms. The second-order valence-electron chi connectivity index (χ2n) is 9.90. The van der Waals surface area contributed by atoms with Crippen LogP contribution in [-0.4, -0.2) is 34.0 Å². The molecule has 4 heteroatoms. The summed E-state index contributed by atoms with van der Waals surface area (Å²) in [5.74, 6) is -0.403. The number of hydrogen-bond donors (Lipinski definition) is 2. The lowest BCUT2D eigenvalue weighted by Crippen LogP contribution is -2.70. The Morgan fingerprint density at radius 3 is 2.50 bits per heavy atom. The van der Waals surface area contributed by atoms with E-state index in [-0.39, 0.29) is 28.8 Å². The van der Waals surface area contributed by atoms with Gasteiger partial charge in [-0.05, 0) is 36.7 Å². The van der Waals surface area contributed by atoms with Crippen molar-refractivity contribution in [3.8, 4) is 0 Å². The SMILES string of the molecule is C=CC1(C)C=C2CC(OC(C)=O)C3C(C)(C)CCC(O)C3(C)C2(O)CC1.